The normalized spacial score (nSPS) is 17.0. The predicted molar refractivity (Wildman–Crippen MR) is 102 cm³/mol. The van der Waals surface area contributed by atoms with E-state index in [1.54, 1.807) is 6.92 Å². The van der Waals surface area contributed by atoms with Crippen molar-refractivity contribution < 1.29 is 14.3 Å². The molecular weight excluding hydrogens is 366 g/mol. The summed E-state index contributed by atoms with van der Waals surface area (Å²) in [6.07, 6.45) is 0. The Morgan fingerprint density at radius 3 is 2.67 bits per heavy atom. The molecule has 0 unspecified atom stereocenters. The van der Waals surface area contributed by atoms with Crippen LogP contribution in [0.3, 0.4) is 0 Å². The summed E-state index contributed by atoms with van der Waals surface area (Å²) < 4.78 is 10.3. The largest absolute Gasteiger partial charge is 0.466 e. The molecule has 1 aromatic heterocycles. The molecule has 0 radical (unpaired) electrons. The van der Waals surface area contributed by atoms with Gasteiger partial charge in [0.05, 0.1) is 24.1 Å². The third-order valence-corrected chi connectivity index (χ3v) is 4.86. The molecule has 3 rings (SSSR count). The number of esters is 1. The van der Waals surface area contributed by atoms with E-state index in [4.69, 9.17) is 26.8 Å². The van der Waals surface area contributed by atoms with Crippen LogP contribution in [0.2, 0.25) is 5.15 Å². The Hall–Kier alpha value is -3.04. The van der Waals surface area contributed by atoms with Gasteiger partial charge in [0.1, 0.15) is 22.6 Å². The molecule has 1 atom stereocenters. The summed E-state index contributed by atoms with van der Waals surface area (Å²) in [5, 5.41) is 10.7. The molecule has 0 saturated heterocycles. The second kappa shape index (κ2) is 6.93. The molecule has 1 aliphatic rings. The van der Waals surface area contributed by atoms with Gasteiger partial charge in [-0.3, -0.25) is 0 Å². The highest BCUT2D eigenvalue weighted by Gasteiger charge is 2.37. The van der Waals surface area contributed by atoms with E-state index in [0.29, 0.717) is 5.56 Å². The summed E-state index contributed by atoms with van der Waals surface area (Å²) >= 11 is 6.48. The number of nitrogens with two attached hydrogens (primary N) is 1. The van der Waals surface area contributed by atoms with Gasteiger partial charge in [0.2, 0.25) is 5.88 Å². The number of nitrogens with zero attached hydrogens (tertiary/aromatic N) is 2. The van der Waals surface area contributed by atoms with Crippen molar-refractivity contribution in [2.75, 3.05) is 7.11 Å². The van der Waals surface area contributed by atoms with Gasteiger partial charge in [-0.05, 0) is 38.5 Å². The Bertz CT molecular complexity index is 1080. The number of carbonyl (C=O) groups excluding carboxylic acids is 1. The minimum atomic E-state index is -0.818. The Labute approximate surface area is 161 Å². The minimum Gasteiger partial charge on any atom is -0.466 e. The maximum absolute atomic E-state index is 12.4. The second-order valence-electron chi connectivity index (χ2n) is 6.41. The molecule has 6 nitrogen and oxygen atoms in total. The first-order chi connectivity index (χ1) is 12.8. The van der Waals surface area contributed by atoms with Gasteiger partial charge in [-0.2, -0.15) is 5.26 Å². The summed E-state index contributed by atoms with van der Waals surface area (Å²) in [5.74, 6) is -1.24. The number of halogens is 1. The van der Waals surface area contributed by atoms with Crippen LogP contribution in [0, 0.1) is 25.2 Å². The number of aryl methyl sites for hydroxylation is 2. The van der Waals surface area contributed by atoms with E-state index in [2.05, 4.69) is 4.98 Å². The minimum absolute atomic E-state index is 0.0655. The molecule has 138 valence electrons. The van der Waals surface area contributed by atoms with Crippen LogP contribution in [-0.4, -0.2) is 18.1 Å². The van der Waals surface area contributed by atoms with Gasteiger partial charge in [0.25, 0.3) is 0 Å². The fraction of sp³-hybridized carbons (Fsp3) is 0.250. The summed E-state index contributed by atoms with van der Waals surface area (Å²) in [7, 11) is 1.26. The van der Waals surface area contributed by atoms with Crippen molar-refractivity contribution in [1.82, 2.24) is 4.98 Å². The number of fused-ring (bicyclic) bond motifs is 1. The van der Waals surface area contributed by atoms with Crippen LogP contribution in [0.15, 0.2) is 41.0 Å². The molecular formula is C20H18ClN3O3. The number of rotatable bonds is 2. The predicted octanol–water partition coefficient (Wildman–Crippen LogP) is 3.76. The molecule has 7 heteroatoms. The first kappa shape index (κ1) is 18.7. The third-order valence-electron chi connectivity index (χ3n) is 4.56. The Morgan fingerprint density at radius 1 is 1.33 bits per heavy atom. The van der Waals surface area contributed by atoms with Crippen LogP contribution >= 0.6 is 11.6 Å². The van der Waals surface area contributed by atoms with Crippen molar-refractivity contribution >= 4 is 28.5 Å². The Morgan fingerprint density at radius 2 is 2.04 bits per heavy atom. The standard InChI is InChI=1S/C20H18ClN3O3/c1-9-5-10(2)17-12(6-9)7-13(18(21)24-17)16-14(8-22)19(23)27-11(3)15(16)20(25)26-4/h5-7,16H,23H2,1-4H3/t16-/m1/s1. The van der Waals surface area contributed by atoms with Gasteiger partial charge < -0.3 is 15.2 Å². The quantitative estimate of drug-likeness (QED) is 0.626. The number of pyridine rings is 1. The van der Waals surface area contributed by atoms with E-state index in [1.807, 2.05) is 38.1 Å². The maximum atomic E-state index is 12.4. The molecule has 0 saturated carbocycles. The van der Waals surface area contributed by atoms with Gasteiger partial charge in [-0.15, -0.1) is 0 Å². The molecule has 1 aliphatic heterocycles. The van der Waals surface area contributed by atoms with Crippen molar-refractivity contribution in [1.29, 1.82) is 5.26 Å². The van der Waals surface area contributed by atoms with Gasteiger partial charge in [-0.1, -0.05) is 23.2 Å². The van der Waals surface area contributed by atoms with Crippen LogP contribution in [0.1, 0.15) is 29.5 Å². The van der Waals surface area contributed by atoms with Crippen LogP contribution in [-0.2, 0) is 14.3 Å². The molecule has 2 aromatic rings. The van der Waals surface area contributed by atoms with E-state index in [0.717, 1.165) is 22.0 Å². The molecule has 2 N–H and O–H groups in total. The van der Waals surface area contributed by atoms with Gasteiger partial charge in [-0.25, -0.2) is 9.78 Å². The SMILES string of the molecule is COC(=O)C1=C(C)OC(N)=C(C#N)[C@H]1c1cc2cc(C)cc(C)c2nc1Cl. The van der Waals surface area contributed by atoms with Crippen molar-refractivity contribution in [2.24, 2.45) is 5.73 Å². The fourth-order valence-corrected chi connectivity index (χ4v) is 3.66. The molecule has 0 fully saturated rings. The Balaban J connectivity index is 2.33. The van der Waals surface area contributed by atoms with Gasteiger partial charge in [0.15, 0.2) is 0 Å². The zero-order valence-corrected chi connectivity index (χ0v) is 16.1. The van der Waals surface area contributed by atoms with Crippen molar-refractivity contribution in [3.8, 4) is 6.07 Å². The summed E-state index contributed by atoms with van der Waals surface area (Å²) in [6, 6.07) is 7.86. The highest BCUT2D eigenvalue weighted by atomic mass is 35.5. The lowest BCUT2D eigenvalue weighted by Gasteiger charge is -2.27. The number of benzene rings is 1. The topological polar surface area (TPSA) is 98.2 Å². The molecule has 0 amide bonds. The first-order valence-electron chi connectivity index (χ1n) is 8.22. The molecule has 0 aliphatic carbocycles. The van der Waals surface area contributed by atoms with Gasteiger partial charge in [0, 0.05) is 10.9 Å². The van der Waals surface area contributed by atoms with Crippen molar-refractivity contribution in [3.63, 3.8) is 0 Å². The van der Waals surface area contributed by atoms with Crippen LogP contribution in [0.25, 0.3) is 10.9 Å². The maximum Gasteiger partial charge on any atom is 0.338 e. The van der Waals surface area contributed by atoms with Crippen molar-refractivity contribution in [3.05, 3.63) is 62.8 Å². The van der Waals surface area contributed by atoms with Crippen molar-refractivity contribution in [2.45, 2.75) is 26.7 Å². The number of aromatic nitrogens is 1. The zero-order valence-electron chi connectivity index (χ0n) is 15.4. The number of nitriles is 1. The molecule has 0 bridgehead atoms. The highest BCUT2D eigenvalue weighted by Crippen LogP contribution is 2.42. The zero-order chi connectivity index (χ0) is 19.9. The number of hydrogen-bond donors (Lipinski definition) is 1. The molecule has 1 aromatic carbocycles. The van der Waals surface area contributed by atoms with E-state index in [1.165, 1.54) is 7.11 Å². The van der Waals surface area contributed by atoms with E-state index in [-0.39, 0.29) is 27.9 Å². The fourth-order valence-electron chi connectivity index (χ4n) is 3.41. The van der Waals surface area contributed by atoms with Crippen LogP contribution in [0.4, 0.5) is 0 Å². The number of ether oxygens (including phenoxy) is 2. The lowest BCUT2D eigenvalue weighted by Crippen LogP contribution is -2.25. The average molecular weight is 384 g/mol. The lowest BCUT2D eigenvalue weighted by molar-refractivity contribution is -0.136. The van der Waals surface area contributed by atoms with Crippen LogP contribution < -0.4 is 5.73 Å². The number of hydrogen-bond acceptors (Lipinski definition) is 6. The molecule has 2 heterocycles. The number of methoxy groups -OCH3 is 1. The number of carbonyl (C=O) groups is 1. The highest BCUT2D eigenvalue weighted by molar-refractivity contribution is 6.31. The lowest BCUT2D eigenvalue weighted by atomic mass is 9.83. The first-order valence-corrected chi connectivity index (χ1v) is 8.60. The van der Waals surface area contributed by atoms with Gasteiger partial charge >= 0.3 is 5.97 Å². The number of allylic oxidation sites excluding steroid dienone is 2. The molecule has 0 spiro atoms. The molecule has 27 heavy (non-hydrogen) atoms. The summed E-state index contributed by atoms with van der Waals surface area (Å²) in [5.41, 5.74) is 9.49. The summed E-state index contributed by atoms with van der Waals surface area (Å²) in [6.45, 7) is 5.53. The van der Waals surface area contributed by atoms with E-state index >= 15 is 0 Å². The van der Waals surface area contributed by atoms with Crippen LogP contribution in [0.5, 0.6) is 0 Å². The Kier molecular flexibility index (Phi) is 4.81. The second-order valence-corrected chi connectivity index (χ2v) is 6.77. The third kappa shape index (κ3) is 3.11. The summed E-state index contributed by atoms with van der Waals surface area (Å²) in [4.78, 5) is 16.9. The smallest absolute Gasteiger partial charge is 0.338 e. The monoisotopic (exact) mass is 383 g/mol. The average Bonchev–Trinajstić information content (AvgIpc) is 2.60. The van der Waals surface area contributed by atoms with E-state index < -0.39 is 11.9 Å². The van der Waals surface area contributed by atoms with E-state index in [9.17, 15) is 10.1 Å².